The molecule has 1 aromatic heterocycles. The molecule has 0 aliphatic heterocycles. The molecule has 0 aliphatic carbocycles. The zero-order valence-electron chi connectivity index (χ0n) is 6.33. The van der Waals surface area contributed by atoms with Gasteiger partial charge in [-0.15, -0.1) is 4.99 Å². The van der Waals surface area contributed by atoms with E-state index in [1.54, 1.807) is 13.0 Å². The molecule has 56 valence electrons. The van der Waals surface area contributed by atoms with E-state index in [9.17, 15) is 4.79 Å². The summed E-state index contributed by atoms with van der Waals surface area (Å²) < 4.78 is 0. The summed E-state index contributed by atoms with van der Waals surface area (Å²) in [5, 5.41) is 0. The summed E-state index contributed by atoms with van der Waals surface area (Å²) in [6.07, 6.45) is 1.42. The van der Waals surface area contributed by atoms with Gasteiger partial charge in [0.2, 0.25) is 6.08 Å². The molecule has 4 nitrogen and oxygen atoms in total. The maximum Gasteiger partial charge on any atom is 0.242 e. The van der Waals surface area contributed by atoms with Crippen LogP contribution in [0.3, 0.4) is 0 Å². The van der Waals surface area contributed by atoms with Gasteiger partial charge in [-0.3, -0.25) is 0 Å². The Morgan fingerprint density at radius 2 is 2.18 bits per heavy atom. The maximum atomic E-state index is 9.84. The van der Waals surface area contributed by atoms with Crippen LogP contribution in [0.25, 0.3) is 0 Å². The molecular formula is C7H7N3O. The minimum Gasteiger partial charge on any atom is -0.238 e. The fraction of sp³-hybridized carbons (Fsp3) is 0.286. The van der Waals surface area contributed by atoms with Crippen molar-refractivity contribution < 1.29 is 4.79 Å². The molecule has 1 rings (SSSR count). The molecule has 0 N–H and O–H groups in total. The Kier molecular flexibility index (Phi) is 2.09. The molecule has 1 heterocycles. The van der Waals surface area contributed by atoms with Gasteiger partial charge in [0.15, 0.2) is 5.82 Å². The lowest BCUT2D eigenvalue weighted by Gasteiger charge is -1.94. The second kappa shape index (κ2) is 3.03. The first kappa shape index (κ1) is 7.57. The van der Waals surface area contributed by atoms with E-state index in [1.807, 2.05) is 6.92 Å². The molecule has 0 fully saturated rings. The van der Waals surface area contributed by atoms with Crippen molar-refractivity contribution in [2.45, 2.75) is 13.8 Å². The van der Waals surface area contributed by atoms with E-state index in [4.69, 9.17) is 0 Å². The number of carbonyl (C=O) groups excluding carboxylic acids is 1. The molecule has 0 saturated heterocycles. The quantitative estimate of drug-likeness (QED) is 0.443. The van der Waals surface area contributed by atoms with Crippen LogP contribution in [0, 0.1) is 13.8 Å². The molecule has 0 atom stereocenters. The van der Waals surface area contributed by atoms with Crippen molar-refractivity contribution in [2.24, 2.45) is 4.99 Å². The lowest BCUT2D eigenvalue weighted by molar-refractivity contribution is 0.565. The summed E-state index contributed by atoms with van der Waals surface area (Å²) in [4.78, 5) is 21.1. The topological polar surface area (TPSA) is 55.2 Å². The zero-order valence-corrected chi connectivity index (χ0v) is 6.33. The van der Waals surface area contributed by atoms with E-state index in [0.717, 1.165) is 5.69 Å². The molecule has 0 spiro atoms. The molecule has 0 radical (unpaired) electrons. The molecule has 0 bridgehead atoms. The van der Waals surface area contributed by atoms with Crippen LogP contribution in [0.5, 0.6) is 0 Å². The van der Waals surface area contributed by atoms with Crippen molar-refractivity contribution in [3.63, 3.8) is 0 Å². The standard InChI is InChI=1S/C7H7N3O/c1-5-3-7(8-4-11)10-6(2)9-5/h3H,1-2H3. The van der Waals surface area contributed by atoms with E-state index in [2.05, 4.69) is 15.0 Å². The second-order valence-corrected chi connectivity index (χ2v) is 2.12. The summed E-state index contributed by atoms with van der Waals surface area (Å²) in [5.41, 5.74) is 0.798. The van der Waals surface area contributed by atoms with Crippen molar-refractivity contribution in [3.8, 4) is 0 Å². The van der Waals surface area contributed by atoms with Crippen LogP contribution >= 0.6 is 0 Å². The molecule has 0 aromatic carbocycles. The summed E-state index contributed by atoms with van der Waals surface area (Å²) in [6, 6.07) is 1.62. The molecule has 1 aromatic rings. The molecule has 0 saturated carbocycles. The fourth-order valence-corrected chi connectivity index (χ4v) is 0.801. The van der Waals surface area contributed by atoms with Gasteiger partial charge >= 0.3 is 0 Å². The number of isocyanates is 1. The van der Waals surface area contributed by atoms with Gasteiger partial charge in [-0.05, 0) is 13.8 Å². The van der Waals surface area contributed by atoms with E-state index in [1.165, 1.54) is 6.08 Å². The Balaban J connectivity index is 3.18. The Hall–Kier alpha value is -1.54. The van der Waals surface area contributed by atoms with Gasteiger partial charge in [0.05, 0.1) is 0 Å². The number of aromatic nitrogens is 2. The van der Waals surface area contributed by atoms with Gasteiger partial charge in [0.1, 0.15) is 5.82 Å². The highest BCUT2D eigenvalue weighted by molar-refractivity contribution is 5.44. The smallest absolute Gasteiger partial charge is 0.238 e. The number of aliphatic imine (C=N–C) groups is 1. The van der Waals surface area contributed by atoms with Crippen molar-refractivity contribution in [3.05, 3.63) is 17.6 Å². The van der Waals surface area contributed by atoms with E-state index in [-0.39, 0.29) is 0 Å². The molecule has 0 aliphatic rings. The number of rotatable bonds is 1. The van der Waals surface area contributed by atoms with Crippen molar-refractivity contribution in [1.29, 1.82) is 0 Å². The highest BCUT2D eigenvalue weighted by Crippen LogP contribution is 2.07. The predicted octanol–water partition coefficient (Wildman–Crippen LogP) is 1.06. The average Bonchev–Trinajstić information content (AvgIpc) is 1.85. The number of hydrogen-bond acceptors (Lipinski definition) is 4. The first-order chi connectivity index (χ1) is 5.22. The minimum atomic E-state index is 0.366. The predicted molar refractivity (Wildman–Crippen MR) is 39.3 cm³/mol. The van der Waals surface area contributed by atoms with E-state index in [0.29, 0.717) is 11.6 Å². The number of aryl methyl sites for hydroxylation is 2. The number of nitrogens with zero attached hydrogens (tertiary/aromatic N) is 3. The minimum absolute atomic E-state index is 0.366. The Morgan fingerprint density at radius 1 is 1.45 bits per heavy atom. The Bertz CT molecular complexity index is 295. The van der Waals surface area contributed by atoms with Crippen molar-refractivity contribution in [2.75, 3.05) is 0 Å². The molecule has 0 unspecified atom stereocenters. The van der Waals surface area contributed by atoms with Crippen LogP contribution in [0.15, 0.2) is 11.1 Å². The Labute approximate surface area is 64.0 Å². The monoisotopic (exact) mass is 149 g/mol. The average molecular weight is 149 g/mol. The van der Waals surface area contributed by atoms with Crippen molar-refractivity contribution >= 4 is 11.9 Å². The third-order valence-electron chi connectivity index (χ3n) is 1.11. The lowest BCUT2D eigenvalue weighted by atomic mass is 10.4. The first-order valence-electron chi connectivity index (χ1n) is 3.12. The van der Waals surface area contributed by atoms with Crippen LogP contribution in [-0.4, -0.2) is 16.0 Å². The van der Waals surface area contributed by atoms with Gasteiger partial charge < -0.3 is 0 Å². The fourth-order valence-electron chi connectivity index (χ4n) is 0.801. The highest BCUT2D eigenvalue weighted by atomic mass is 16.1. The summed E-state index contributed by atoms with van der Waals surface area (Å²) >= 11 is 0. The molecule has 0 amide bonds. The van der Waals surface area contributed by atoms with Crippen molar-refractivity contribution in [1.82, 2.24) is 9.97 Å². The Morgan fingerprint density at radius 3 is 2.73 bits per heavy atom. The van der Waals surface area contributed by atoms with Gasteiger partial charge in [0.25, 0.3) is 0 Å². The summed E-state index contributed by atoms with van der Waals surface area (Å²) in [5.74, 6) is 0.976. The normalized spacial score (nSPS) is 8.91. The highest BCUT2D eigenvalue weighted by Gasteiger charge is 1.94. The van der Waals surface area contributed by atoms with Gasteiger partial charge in [-0.2, -0.15) is 0 Å². The molecular weight excluding hydrogens is 142 g/mol. The lowest BCUT2D eigenvalue weighted by Crippen LogP contribution is -1.89. The van der Waals surface area contributed by atoms with Gasteiger partial charge in [-0.25, -0.2) is 14.8 Å². The summed E-state index contributed by atoms with van der Waals surface area (Å²) in [7, 11) is 0. The zero-order chi connectivity index (χ0) is 8.27. The van der Waals surface area contributed by atoms with Gasteiger partial charge in [0, 0.05) is 11.8 Å². The van der Waals surface area contributed by atoms with Gasteiger partial charge in [-0.1, -0.05) is 0 Å². The largest absolute Gasteiger partial charge is 0.242 e. The SMILES string of the molecule is Cc1cc(N=C=O)nc(C)n1. The number of hydrogen-bond donors (Lipinski definition) is 0. The molecule has 4 heteroatoms. The van der Waals surface area contributed by atoms with Crippen LogP contribution in [0.4, 0.5) is 5.82 Å². The third-order valence-corrected chi connectivity index (χ3v) is 1.11. The van der Waals surface area contributed by atoms with E-state index >= 15 is 0 Å². The van der Waals surface area contributed by atoms with Crippen LogP contribution in [0.2, 0.25) is 0 Å². The van der Waals surface area contributed by atoms with Crippen LogP contribution < -0.4 is 0 Å². The van der Waals surface area contributed by atoms with Crippen LogP contribution in [-0.2, 0) is 4.79 Å². The summed E-state index contributed by atoms with van der Waals surface area (Å²) in [6.45, 7) is 3.56. The molecule has 11 heavy (non-hydrogen) atoms. The van der Waals surface area contributed by atoms with E-state index < -0.39 is 0 Å². The second-order valence-electron chi connectivity index (χ2n) is 2.12. The van der Waals surface area contributed by atoms with Crippen LogP contribution in [0.1, 0.15) is 11.5 Å². The third kappa shape index (κ3) is 1.95. The first-order valence-corrected chi connectivity index (χ1v) is 3.12. The maximum absolute atomic E-state index is 9.84.